The number of hydrogen-bond donors (Lipinski definition) is 0. The van der Waals surface area contributed by atoms with E-state index in [1.807, 2.05) is 18.2 Å². The Morgan fingerprint density at radius 1 is 1.36 bits per heavy atom. The molecule has 0 unspecified atom stereocenters. The number of aromatic nitrogens is 2. The zero-order valence-corrected chi connectivity index (χ0v) is 14.0. The van der Waals surface area contributed by atoms with E-state index in [0.29, 0.717) is 29.3 Å². The molecule has 0 atom stereocenters. The van der Waals surface area contributed by atoms with Gasteiger partial charge >= 0.3 is 5.97 Å². The maximum Gasteiger partial charge on any atom is 0.331 e. The highest BCUT2D eigenvalue weighted by Gasteiger charge is 2.29. The Bertz CT molecular complexity index is 868. The van der Waals surface area contributed by atoms with Crippen LogP contribution < -0.4 is 4.74 Å². The van der Waals surface area contributed by atoms with Gasteiger partial charge < -0.3 is 13.9 Å². The molecule has 7 heteroatoms. The highest BCUT2D eigenvalue weighted by Crippen LogP contribution is 2.39. The van der Waals surface area contributed by atoms with Gasteiger partial charge in [-0.25, -0.2) is 4.79 Å². The van der Waals surface area contributed by atoms with Crippen molar-refractivity contribution in [1.29, 1.82) is 0 Å². The average molecular weight is 359 g/mol. The summed E-state index contributed by atoms with van der Waals surface area (Å²) in [5.41, 5.74) is 1.73. The van der Waals surface area contributed by atoms with Crippen LogP contribution in [0.1, 0.15) is 36.1 Å². The van der Waals surface area contributed by atoms with Crippen molar-refractivity contribution in [3.8, 4) is 5.75 Å². The molecule has 1 aromatic carbocycles. The molecule has 1 aliphatic heterocycles. The Kier molecular flexibility index (Phi) is 4.28. The van der Waals surface area contributed by atoms with E-state index in [2.05, 4.69) is 10.2 Å². The van der Waals surface area contributed by atoms with Gasteiger partial charge in [0, 0.05) is 22.6 Å². The number of fused-ring (bicyclic) bond motifs is 1. The number of carbonyl (C=O) groups excluding carboxylic acids is 1. The number of ether oxygens (including phenoxy) is 2. The highest BCUT2D eigenvalue weighted by atomic mass is 35.5. The average Bonchev–Trinajstić information content (AvgIpc) is 3.36. The van der Waals surface area contributed by atoms with Crippen molar-refractivity contribution < 1.29 is 18.7 Å². The molecule has 2 aromatic rings. The van der Waals surface area contributed by atoms with Crippen LogP contribution in [0.3, 0.4) is 0 Å². The second-order valence-corrected chi connectivity index (χ2v) is 6.38. The van der Waals surface area contributed by atoms with Crippen LogP contribution in [0.25, 0.3) is 6.08 Å². The van der Waals surface area contributed by atoms with E-state index < -0.39 is 5.97 Å². The van der Waals surface area contributed by atoms with Crippen molar-refractivity contribution in [1.82, 2.24) is 10.2 Å². The van der Waals surface area contributed by atoms with Gasteiger partial charge in [0.2, 0.25) is 5.89 Å². The number of esters is 1. The van der Waals surface area contributed by atoms with Crippen molar-refractivity contribution in [2.75, 3.05) is 6.61 Å². The minimum absolute atomic E-state index is 0.0309. The van der Waals surface area contributed by atoms with Crippen molar-refractivity contribution >= 4 is 23.6 Å². The van der Waals surface area contributed by atoms with Gasteiger partial charge in [-0.3, -0.25) is 0 Å². The van der Waals surface area contributed by atoms with Crippen LogP contribution in [0.4, 0.5) is 0 Å². The number of carbonyl (C=O) groups is 1. The van der Waals surface area contributed by atoms with Crippen molar-refractivity contribution in [3.63, 3.8) is 0 Å². The molecule has 0 N–H and O–H groups in total. The van der Waals surface area contributed by atoms with Gasteiger partial charge in [-0.2, -0.15) is 0 Å². The summed E-state index contributed by atoms with van der Waals surface area (Å²) in [6.45, 7) is 0.351. The van der Waals surface area contributed by atoms with Gasteiger partial charge in [0.15, 0.2) is 6.61 Å². The molecule has 0 amide bonds. The molecule has 0 radical (unpaired) electrons. The molecule has 0 spiro atoms. The zero-order valence-electron chi connectivity index (χ0n) is 13.3. The summed E-state index contributed by atoms with van der Waals surface area (Å²) in [6, 6.07) is 5.41. The first-order valence-electron chi connectivity index (χ1n) is 7.97. The predicted octanol–water partition coefficient (Wildman–Crippen LogP) is 3.68. The summed E-state index contributed by atoms with van der Waals surface area (Å²) in [4.78, 5) is 11.8. The molecular formula is C18H15ClN2O4. The van der Waals surface area contributed by atoms with Gasteiger partial charge in [0.05, 0.1) is 0 Å². The fourth-order valence-electron chi connectivity index (χ4n) is 2.44. The summed E-state index contributed by atoms with van der Waals surface area (Å²) in [6.07, 6.45) is 7.10. The number of rotatable bonds is 5. The Labute approximate surface area is 149 Å². The third-order valence-electron chi connectivity index (χ3n) is 3.89. The fraction of sp³-hybridized carbons (Fsp3) is 0.278. The summed E-state index contributed by atoms with van der Waals surface area (Å²) >= 11 is 5.98. The van der Waals surface area contributed by atoms with Crippen LogP contribution in [0.5, 0.6) is 5.75 Å². The standard InChI is InChI=1S/C18H15ClN2O4/c19-14-4-5-15-13(8-14)7-11(9-23-15)1-6-17(22)24-10-16-20-21-18(25-16)12-2-3-12/h1,4-8,12H,2-3,9-10H2/b6-1-. The molecule has 1 aliphatic carbocycles. The molecule has 1 aromatic heterocycles. The summed E-state index contributed by atoms with van der Waals surface area (Å²) < 4.78 is 16.2. The van der Waals surface area contributed by atoms with Crippen LogP contribution in [-0.2, 0) is 16.1 Å². The molecular weight excluding hydrogens is 344 g/mol. The normalized spacial score (nSPS) is 16.3. The largest absolute Gasteiger partial charge is 0.488 e. The quantitative estimate of drug-likeness (QED) is 0.599. The maximum atomic E-state index is 11.8. The monoisotopic (exact) mass is 358 g/mol. The second kappa shape index (κ2) is 6.72. The van der Waals surface area contributed by atoms with Crippen LogP contribution in [0.2, 0.25) is 5.02 Å². The van der Waals surface area contributed by atoms with Crippen LogP contribution in [-0.4, -0.2) is 22.8 Å². The lowest BCUT2D eigenvalue weighted by Crippen LogP contribution is -2.07. The molecule has 25 heavy (non-hydrogen) atoms. The molecule has 4 rings (SSSR count). The van der Waals surface area contributed by atoms with Gasteiger partial charge in [-0.1, -0.05) is 11.6 Å². The topological polar surface area (TPSA) is 74.5 Å². The third kappa shape index (κ3) is 3.91. The van der Waals surface area contributed by atoms with E-state index >= 15 is 0 Å². The Morgan fingerprint density at radius 2 is 2.24 bits per heavy atom. The lowest BCUT2D eigenvalue weighted by molar-refractivity contribution is -0.139. The number of nitrogens with zero attached hydrogens (tertiary/aromatic N) is 2. The second-order valence-electron chi connectivity index (χ2n) is 5.94. The number of halogens is 1. The maximum absolute atomic E-state index is 11.8. The van der Waals surface area contributed by atoms with E-state index in [9.17, 15) is 4.79 Å². The van der Waals surface area contributed by atoms with Crippen molar-refractivity contribution in [2.24, 2.45) is 0 Å². The van der Waals surface area contributed by atoms with Gasteiger partial charge in [0.25, 0.3) is 5.89 Å². The summed E-state index contributed by atoms with van der Waals surface area (Å²) in [5.74, 6) is 1.61. The van der Waals surface area contributed by atoms with E-state index in [0.717, 1.165) is 29.7 Å². The Balaban J connectivity index is 1.34. The smallest absolute Gasteiger partial charge is 0.331 e. The highest BCUT2D eigenvalue weighted by molar-refractivity contribution is 6.30. The first-order chi connectivity index (χ1) is 12.2. The molecule has 0 bridgehead atoms. The number of hydrogen-bond acceptors (Lipinski definition) is 6. The molecule has 2 heterocycles. The van der Waals surface area contributed by atoms with Crippen LogP contribution in [0, 0.1) is 0 Å². The third-order valence-corrected chi connectivity index (χ3v) is 4.12. The van der Waals surface area contributed by atoms with Crippen molar-refractivity contribution in [3.05, 3.63) is 58.3 Å². The van der Waals surface area contributed by atoms with Crippen LogP contribution in [0.15, 0.2) is 40.3 Å². The lowest BCUT2D eigenvalue weighted by atomic mass is 10.1. The fourth-order valence-corrected chi connectivity index (χ4v) is 2.62. The van der Waals surface area contributed by atoms with E-state index in [-0.39, 0.29) is 6.61 Å². The zero-order chi connectivity index (χ0) is 17.2. The predicted molar refractivity (Wildman–Crippen MR) is 90.1 cm³/mol. The minimum Gasteiger partial charge on any atom is -0.488 e. The summed E-state index contributed by atoms with van der Waals surface area (Å²) in [5, 5.41) is 8.45. The lowest BCUT2D eigenvalue weighted by Gasteiger charge is -2.16. The molecule has 1 saturated carbocycles. The van der Waals surface area contributed by atoms with Crippen LogP contribution >= 0.6 is 11.6 Å². The van der Waals surface area contributed by atoms with E-state index in [1.54, 1.807) is 12.1 Å². The Hall–Kier alpha value is -2.60. The van der Waals surface area contributed by atoms with E-state index in [1.165, 1.54) is 6.08 Å². The molecule has 0 saturated heterocycles. The number of benzene rings is 1. The first-order valence-corrected chi connectivity index (χ1v) is 8.35. The van der Waals surface area contributed by atoms with Crippen molar-refractivity contribution in [2.45, 2.75) is 25.4 Å². The van der Waals surface area contributed by atoms with E-state index in [4.69, 9.17) is 25.5 Å². The molecule has 2 aliphatic rings. The minimum atomic E-state index is -0.482. The molecule has 1 fully saturated rings. The van der Waals surface area contributed by atoms with Gasteiger partial charge in [-0.15, -0.1) is 10.2 Å². The van der Waals surface area contributed by atoms with Gasteiger partial charge in [0.1, 0.15) is 12.4 Å². The SMILES string of the molecule is O=C(/C=C\C1=Cc2cc(Cl)ccc2OC1)OCc1nnc(C2CC2)o1. The first kappa shape index (κ1) is 15.9. The molecule has 128 valence electrons. The van der Waals surface area contributed by atoms with Gasteiger partial charge in [-0.05, 0) is 48.8 Å². The Morgan fingerprint density at radius 3 is 3.08 bits per heavy atom. The molecule has 6 nitrogen and oxygen atoms in total. The summed E-state index contributed by atoms with van der Waals surface area (Å²) in [7, 11) is 0.